The van der Waals surface area contributed by atoms with Crippen LogP contribution in [0.1, 0.15) is 26.7 Å². The van der Waals surface area contributed by atoms with E-state index in [1.807, 2.05) is 0 Å². The van der Waals surface area contributed by atoms with Crippen LogP contribution >= 0.6 is 0 Å². The minimum atomic E-state index is -0.319. The molecule has 0 aliphatic rings. The summed E-state index contributed by atoms with van der Waals surface area (Å²) in [5.74, 6) is 0. The van der Waals surface area contributed by atoms with Gasteiger partial charge in [0.25, 0.3) is 0 Å². The lowest BCUT2D eigenvalue weighted by Gasteiger charge is -2.24. The summed E-state index contributed by atoms with van der Waals surface area (Å²) < 4.78 is 5.77. The van der Waals surface area contributed by atoms with Crippen LogP contribution in [0.3, 0.4) is 0 Å². The van der Waals surface area contributed by atoms with Crippen LogP contribution in [-0.2, 0) is 4.43 Å². The van der Waals surface area contributed by atoms with Gasteiger partial charge in [0, 0.05) is 6.10 Å². The molecule has 0 radical (unpaired) electrons. The van der Waals surface area contributed by atoms with E-state index in [9.17, 15) is 0 Å². The summed E-state index contributed by atoms with van der Waals surface area (Å²) in [7, 11) is 8.29. The van der Waals surface area contributed by atoms with Gasteiger partial charge in [-0.05, 0) is 93.6 Å². The van der Waals surface area contributed by atoms with Crippen molar-refractivity contribution in [1.82, 2.24) is 14.7 Å². The molecular formula is C15H37N3OSi. The number of hydrogen-bond acceptors (Lipinski definition) is 4. The highest BCUT2D eigenvalue weighted by atomic mass is 28.2. The number of hydrogen-bond donors (Lipinski definition) is 0. The average Bonchev–Trinajstić information content (AvgIpc) is 2.32. The fraction of sp³-hybridized carbons (Fsp3) is 1.00. The normalized spacial score (nSPS) is 12.9. The molecule has 0 amide bonds. The molecule has 0 fully saturated rings. The SMILES string of the molecule is CC(C)O[SiH2]CCN(CCCN(C)C)CCCN(C)C. The second kappa shape index (κ2) is 12.8. The van der Waals surface area contributed by atoms with E-state index in [1.54, 1.807) is 0 Å². The Balaban J connectivity index is 3.84. The highest BCUT2D eigenvalue weighted by Crippen LogP contribution is 1.99. The smallest absolute Gasteiger partial charge is 0.163 e. The third kappa shape index (κ3) is 14.5. The van der Waals surface area contributed by atoms with Gasteiger partial charge >= 0.3 is 0 Å². The predicted molar refractivity (Wildman–Crippen MR) is 92.4 cm³/mol. The summed E-state index contributed by atoms with van der Waals surface area (Å²) in [6, 6.07) is 1.28. The first kappa shape index (κ1) is 20.1. The Bertz CT molecular complexity index is 199. The van der Waals surface area contributed by atoms with Gasteiger partial charge < -0.3 is 19.1 Å². The zero-order valence-corrected chi connectivity index (χ0v) is 16.1. The van der Waals surface area contributed by atoms with E-state index in [-0.39, 0.29) is 9.76 Å². The van der Waals surface area contributed by atoms with Crippen LogP contribution in [0.2, 0.25) is 6.04 Å². The van der Waals surface area contributed by atoms with Gasteiger partial charge in [-0.1, -0.05) is 0 Å². The topological polar surface area (TPSA) is 19.0 Å². The molecule has 0 atom stereocenters. The Morgan fingerprint density at radius 1 is 0.800 bits per heavy atom. The molecule has 4 nitrogen and oxygen atoms in total. The number of rotatable bonds is 13. The summed E-state index contributed by atoms with van der Waals surface area (Å²) in [6.45, 7) is 10.3. The molecule has 0 aromatic rings. The van der Waals surface area contributed by atoms with Crippen LogP contribution in [0, 0.1) is 0 Å². The van der Waals surface area contributed by atoms with Crippen molar-refractivity contribution in [3.05, 3.63) is 0 Å². The lowest BCUT2D eigenvalue weighted by molar-refractivity contribution is 0.235. The van der Waals surface area contributed by atoms with Crippen molar-refractivity contribution in [2.75, 3.05) is 60.9 Å². The predicted octanol–water partition coefficient (Wildman–Crippen LogP) is 1.12. The van der Waals surface area contributed by atoms with Crippen molar-refractivity contribution in [1.29, 1.82) is 0 Å². The highest BCUT2D eigenvalue weighted by Gasteiger charge is 2.06. The molecule has 0 unspecified atom stereocenters. The van der Waals surface area contributed by atoms with Crippen molar-refractivity contribution in [2.24, 2.45) is 0 Å². The first-order valence-electron chi connectivity index (χ1n) is 8.05. The molecule has 0 aromatic heterocycles. The molecule has 20 heavy (non-hydrogen) atoms. The van der Waals surface area contributed by atoms with Crippen molar-refractivity contribution in [2.45, 2.75) is 38.8 Å². The van der Waals surface area contributed by atoms with E-state index in [4.69, 9.17) is 4.43 Å². The fourth-order valence-electron chi connectivity index (χ4n) is 2.16. The standard InChI is InChI=1S/C15H37N3OSi/c1-15(2)19-20-14-13-18(11-7-9-16(3)4)12-8-10-17(5)6/h15H,7-14,20H2,1-6H3. The molecule has 0 saturated carbocycles. The first-order chi connectivity index (χ1) is 9.41. The van der Waals surface area contributed by atoms with E-state index < -0.39 is 0 Å². The van der Waals surface area contributed by atoms with Gasteiger partial charge in [-0.25, -0.2) is 0 Å². The second-order valence-electron chi connectivity index (χ2n) is 6.43. The first-order valence-corrected chi connectivity index (χ1v) is 9.63. The van der Waals surface area contributed by atoms with E-state index in [0.29, 0.717) is 6.10 Å². The lowest BCUT2D eigenvalue weighted by atomic mass is 10.3. The third-order valence-electron chi connectivity index (χ3n) is 3.23. The Morgan fingerprint density at radius 2 is 1.30 bits per heavy atom. The van der Waals surface area contributed by atoms with Gasteiger partial charge in [-0.2, -0.15) is 0 Å². The molecule has 0 aliphatic heterocycles. The molecule has 0 spiro atoms. The van der Waals surface area contributed by atoms with Crippen LogP contribution in [0.4, 0.5) is 0 Å². The van der Waals surface area contributed by atoms with Crippen molar-refractivity contribution >= 4 is 9.76 Å². The Kier molecular flexibility index (Phi) is 12.8. The van der Waals surface area contributed by atoms with Gasteiger partial charge in [-0.3, -0.25) is 0 Å². The van der Waals surface area contributed by atoms with Crippen LogP contribution in [0.25, 0.3) is 0 Å². The minimum Gasteiger partial charge on any atom is -0.422 e. The largest absolute Gasteiger partial charge is 0.422 e. The van der Waals surface area contributed by atoms with Crippen molar-refractivity contribution in [3.63, 3.8) is 0 Å². The Morgan fingerprint density at radius 3 is 1.70 bits per heavy atom. The zero-order valence-electron chi connectivity index (χ0n) is 14.7. The lowest BCUT2D eigenvalue weighted by Crippen LogP contribution is -2.31. The molecule has 122 valence electrons. The maximum atomic E-state index is 5.77. The monoisotopic (exact) mass is 303 g/mol. The maximum absolute atomic E-state index is 5.77. The summed E-state index contributed by atoms with van der Waals surface area (Å²) in [5, 5.41) is 0. The van der Waals surface area contributed by atoms with Gasteiger partial charge in [-0.15, -0.1) is 0 Å². The molecule has 5 heteroatoms. The van der Waals surface area contributed by atoms with Gasteiger partial charge in [0.1, 0.15) is 0 Å². The second-order valence-corrected chi connectivity index (χ2v) is 7.88. The minimum absolute atomic E-state index is 0.319. The molecule has 0 aromatic carbocycles. The zero-order chi connectivity index (χ0) is 15.4. The van der Waals surface area contributed by atoms with Crippen molar-refractivity contribution < 1.29 is 4.43 Å². The molecular weight excluding hydrogens is 266 g/mol. The average molecular weight is 304 g/mol. The van der Waals surface area contributed by atoms with Gasteiger partial charge in [0.05, 0.1) is 0 Å². The molecule has 0 heterocycles. The van der Waals surface area contributed by atoms with Gasteiger partial charge in [0.15, 0.2) is 9.76 Å². The van der Waals surface area contributed by atoms with E-state index in [0.717, 1.165) is 0 Å². The van der Waals surface area contributed by atoms with E-state index in [2.05, 4.69) is 56.7 Å². The Hall–Kier alpha value is 0.0569. The highest BCUT2D eigenvalue weighted by molar-refractivity contribution is 6.27. The summed E-state index contributed by atoms with van der Waals surface area (Å²) >= 11 is 0. The van der Waals surface area contributed by atoms with Crippen LogP contribution < -0.4 is 0 Å². The van der Waals surface area contributed by atoms with Crippen LogP contribution in [-0.4, -0.2) is 91.5 Å². The summed E-state index contributed by atoms with van der Waals surface area (Å²) in [5.41, 5.74) is 0. The molecule has 0 N–H and O–H groups in total. The van der Waals surface area contributed by atoms with Crippen LogP contribution in [0.5, 0.6) is 0 Å². The van der Waals surface area contributed by atoms with E-state index in [1.165, 1.54) is 51.6 Å². The maximum Gasteiger partial charge on any atom is 0.163 e. The van der Waals surface area contributed by atoms with Crippen LogP contribution in [0.15, 0.2) is 0 Å². The molecule has 0 saturated heterocycles. The third-order valence-corrected chi connectivity index (χ3v) is 4.74. The Labute approximate surface area is 129 Å². The molecule has 0 rings (SSSR count). The fourth-order valence-corrected chi connectivity index (χ4v) is 3.38. The summed E-state index contributed by atoms with van der Waals surface area (Å²) in [4.78, 5) is 7.17. The molecule has 0 bridgehead atoms. The van der Waals surface area contributed by atoms with Crippen molar-refractivity contribution in [3.8, 4) is 0 Å². The molecule has 0 aliphatic carbocycles. The number of nitrogens with zero attached hydrogens (tertiary/aromatic N) is 3. The quantitative estimate of drug-likeness (QED) is 0.375. The van der Waals surface area contributed by atoms with E-state index >= 15 is 0 Å². The summed E-state index contributed by atoms with van der Waals surface area (Å²) in [6.07, 6.45) is 2.95. The van der Waals surface area contributed by atoms with Gasteiger partial charge in [0.2, 0.25) is 0 Å².